The zero-order chi connectivity index (χ0) is 16.2. The van der Waals surface area contributed by atoms with Gasteiger partial charge < -0.3 is 14.0 Å². The Kier molecular flexibility index (Phi) is 4.75. The van der Waals surface area contributed by atoms with Gasteiger partial charge in [-0.1, -0.05) is 26.2 Å². The number of aromatic nitrogens is 1. The van der Waals surface area contributed by atoms with Crippen molar-refractivity contribution in [1.29, 1.82) is 0 Å². The zero-order valence-corrected chi connectivity index (χ0v) is 14.3. The molecule has 0 atom stereocenters. The number of nitrogens with zero attached hydrogens (tertiary/aromatic N) is 1. The summed E-state index contributed by atoms with van der Waals surface area (Å²) >= 11 is 0. The highest BCUT2D eigenvalue weighted by molar-refractivity contribution is 6.09. The van der Waals surface area contributed by atoms with Crippen LogP contribution in [0.2, 0.25) is 0 Å². The van der Waals surface area contributed by atoms with Crippen molar-refractivity contribution in [2.45, 2.75) is 39.2 Å². The van der Waals surface area contributed by atoms with Crippen LogP contribution in [0.3, 0.4) is 0 Å². The minimum absolute atomic E-state index is 0.894. The number of methoxy groups -OCH3 is 2. The molecular formula is C20H25NO2. The molecule has 0 radical (unpaired) electrons. The maximum Gasteiger partial charge on any atom is 0.119 e. The Labute approximate surface area is 137 Å². The molecule has 0 fully saturated rings. The molecule has 122 valence electrons. The molecule has 0 N–H and O–H groups in total. The van der Waals surface area contributed by atoms with Crippen LogP contribution in [0.15, 0.2) is 36.4 Å². The van der Waals surface area contributed by atoms with Crippen LogP contribution in [0.25, 0.3) is 21.8 Å². The second-order valence-corrected chi connectivity index (χ2v) is 5.98. The van der Waals surface area contributed by atoms with Gasteiger partial charge in [0.25, 0.3) is 0 Å². The monoisotopic (exact) mass is 311 g/mol. The summed E-state index contributed by atoms with van der Waals surface area (Å²) in [7, 11) is 3.43. The van der Waals surface area contributed by atoms with Crippen molar-refractivity contribution < 1.29 is 9.47 Å². The van der Waals surface area contributed by atoms with Gasteiger partial charge in [0.1, 0.15) is 11.5 Å². The summed E-state index contributed by atoms with van der Waals surface area (Å²) in [5.41, 5.74) is 2.54. The number of rotatable bonds is 7. The Bertz CT molecular complexity index is 743. The molecule has 23 heavy (non-hydrogen) atoms. The molecule has 3 nitrogen and oxygen atoms in total. The van der Waals surface area contributed by atoms with Crippen molar-refractivity contribution >= 4 is 21.8 Å². The molecule has 3 heteroatoms. The summed E-state index contributed by atoms with van der Waals surface area (Å²) in [6.45, 7) is 3.30. The molecule has 0 saturated heterocycles. The van der Waals surface area contributed by atoms with E-state index in [9.17, 15) is 0 Å². The molecule has 2 aromatic carbocycles. The third-order valence-electron chi connectivity index (χ3n) is 4.51. The van der Waals surface area contributed by atoms with Crippen molar-refractivity contribution in [2.24, 2.45) is 0 Å². The molecule has 1 heterocycles. The molecule has 0 spiro atoms. The van der Waals surface area contributed by atoms with Crippen LogP contribution in [0.5, 0.6) is 11.5 Å². The minimum Gasteiger partial charge on any atom is -0.497 e. The summed E-state index contributed by atoms with van der Waals surface area (Å²) in [6, 6.07) is 12.7. The van der Waals surface area contributed by atoms with E-state index in [-0.39, 0.29) is 0 Å². The second-order valence-electron chi connectivity index (χ2n) is 5.98. The number of hydrogen-bond donors (Lipinski definition) is 0. The molecule has 0 bridgehead atoms. The van der Waals surface area contributed by atoms with Gasteiger partial charge in [0, 0.05) is 28.4 Å². The van der Waals surface area contributed by atoms with Gasteiger partial charge in [0.05, 0.1) is 14.2 Å². The third-order valence-corrected chi connectivity index (χ3v) is 4.51. The average Bonchev–Trinajstić information content (AvgIpc) is 2.91. The van der Waals surface area contributed by atoms with Gasteiger partial charge in [-0.2, -0.15) is 0 Å². The van der Waals surface area contributed by atoms with Gasteiger partial charge in [-0.3, -0.25) is 0 Å². The zero-order valence-electron chi connectivity index (χ0n) is 14.3. The summed E-state index contributed by atoms with van der Waals surface area (Å²) in [5.74, 6) is 1.79. The van der Waals surface area contributed by atoms with Gasteiger partial charge in [0.15, 0.2) is 0 Å². The predicted octanol–water partition coefficient (Wildman–Crippen LogP) is 5.39. The van der Waals surface area contributed by atoms with E-state index < -0.39 is 0 Å². The van der Waals surface area contributed by atoms with Gasteiger partial charge in [-0.05, 0) is 42.8 Å². The number of hydrogen-bond acceptors (Lipinski definition) is 2. The van der Waals surface area contributed by atoms with E-state index in [1.807, 2.05) is 12.1 Å². The highest BCUT2D eigenvalue weighted by Crippen LogP contribution is 2.34. The van der Waals surface area contributed by atoms with Crippen molar-refractivity contribution in [1.82, 2.24) is 4.57 Å². The Morgan fingerprint density at radius 1 is 0.783 bits per heavy atom. The molecule has 0 amide bonds. The second kappa shape index (κ2) is 6.95. The van der Waals surface area contributed by atoms with Crippen molar-refractivity contribution in [2.75, 3.05) is 14.2 Å². The lowest BCUT2D eigenvalue weighted by atomic mass is 10.1. The first-order valence-electron chi connectivity index (χ1n) is 8.42. The fraction of sp³-hybridized carbons (Fsp3) is 0.400. The number of unbranched alkanes of at least 4 members (excludes halogenated alkanes) is 3. The Morgan fingerprint density at radius 2 is 1.35 bits per heavy atom. The molecule has 0 aliphatic carbocycles. The summed E-state index contributed by atoms with van der Waals surface area (Å²) in [6.07, 6.45) is 5.06. The van der Waals surface area contributed by atoms with Crippen LogP contribution in [-0.2, 0) is 6.54 Å². The smallest absolute Gasteiger partial charge is 0.119 e. The van der Waals surface area contributed by atoms with E-state index in [0.29, 0.717) is 0 Å². The van der Waals surface area contributed by atoms with Crippen LogP contribution in [0, 0.1) is 0 Å². The minimum atomic E-state index is 0.894. The molecule has 3 rings (SSSR count). The fourth-order valence-electron chi connectivity index (χ4n) is 3.25. The first-order chi connectivity index (χ1) is 11.3. The van der Waals surface area contributed by atoms with E-state index in [4.69, 9.17) is 9.47 Å². The SMILES string of the molecule is CCCCCCn1c2ccc(OC)cc2c2cc(OC)ccc21. The summed E-state index contributed by atoms with van der Waals surface area (Å²) < 4.78 is 13.2. The Balaban J connectivity index is 2.11. The molecule has 3 aromatic rings. The first kappa shape index (κ1) is 15.7. The highest BCUT2D eigenvalue weighted by atomic mass is 16.5. The molecule has 0 saturated carbocycles. The number of ether oxygens (including phenoxy) is 2. The maximum absolute atomic E-state index is 5.41. The average molecular weight is 311 g/mol. The number of fused-ring (bicyclic) bond motifs is 3. The third kappa shape index (κ3) is 3.00. The van der Waals surface area contributed by atoms with E-state index in [1.165, 1.54) is 47.5 Å². The van der Waals surface area contributed by atoms with Crippen LogP contribution in [-0.4, -0.2) is 18.8 Å². The van der Waals surface area contributed by atoms with Crippen molar-refractivity contribution in [3.8, 4) is 11.5 Å². The normalized spacial score (nSPS) is 11.3. The van der Waals surface area contributed by atoms with Gasteiger partial charge >= 0.3 is 0 Å². The fourth-order valence-corrected chi connectivity index (χ4v) is 3.25. The van der Waals surface area contributed by atoms with Crippen LogP contribution >= 0.6 is 0 Å². The van der Waals surface area contributed by atoms with E-state index >= 15 is 0 Å². The Hall–Kier alpha value is -2.16. The number of benzene rings is 2. The predicted molar refractivity (Wildman–Crippen MR) is 96.7 cm³/mol. The van der Waals surface area contributed by atoms with Crippen molar-refractivity contribution in [3.63, 3.8) is 0 Å². The topological polar surface area (TPSA) is 23.4 Å². The summed E-state index contributed by atoms with van der Waals surface area (Å²) in [5, 5.41) is 2.46. The lowest BCUT2D eigenvalue weighted by Gasteiger charge is -2.08. The Morgan fingerprint density at radius 3 is 1.83 bits per heavy atom. The van der Waals surface area contributed by atoms with Crippen LogP contribution < -0.4 is 9.47 Å². The van der Waals surface area contributed by atoms with Crippen LogP contribution in [0.1, 0.15) is 32.6 Å². The lowest BCUT2D eigenvalue weighted by Crippen LogP contribution is -1.97. The first-order valence-corrected chi connectivity index (χ1v) is 8.42. The lowest BCUT2D eigenvalue weighted by molar-refractivity contribution is 0.415. The van der Waals surface area contributed by atoms with Gasteiger partial charge in [-0.25, -0.2) is 0 Å². The molecule has 0 aliphatic heterocycles. The molecular weight excluding hydrogens is 286 g/mol. The van der Waals surface area contributed by atoms with E-state index in [0.717, 1.165) is 18.0 Å². The quantitative estimate of drug-likeness (QED) is 0.546. The van der Waals surface area contributed by atoms with Gasteiger partial charge in [-0.15, -0.1) is 0 Å². The van der Waals surface area contributed by atoms with E-state index in [1.54, 1.807) is 14.2 Å². The van der Waals surface area contributed by atoms with Gasteiger partial charge in [0.2, 0.25) is 0 Å². The number of aryl methyl sites for hydroxylation is 1. The largest absolute Gasteiger partial charge is 0.497 e. The van der Waals surface area contributed by atoms with Crippen LogP contribution in [0.4, 0.5) is 0 Å². The molecule has 0 aliphatic rings. The highest BCUT2D eigenvalue weighted by Gasteiger charge is 2.12. The van der Waals surface area contributed by atoms with E-state index in [2.05, 4.69) is 35.8 Å². The molecule has 1 aromatic heterocycles. The standard InChI is InChI=1S/C20H25NO2/c1-4-5-6-7-12-21-19-10-8-15(22-2)13-17(19)18-14-16(23-3)9-11-20(18)21/h8-11,13-14H,4-7,12H2,1-3H3. The van der Waals surface area contributed by atoms with Crippen molar-refractivity contribution in [3.05, 3.63) is 36.4 Å². The summed E-state index contributed by atoms with van der Waals surface area (Å²) in [4.78, 5) is 0. The molecule has 0 unspecified atom stereocenters. The maximum atomic E-state index is 5.41.